The van der Waals surface area contributed by atoms with Crippen LogP contribution in [0.25, 0.3) is 6.08 Å². The lowest BCUT2D eigenvalue weighted by atomic mass is 10.1. The minimum absolute atomic E-state index is 0.868. The predicted octanol–water partition coefficient (Wildman–Crippen LogP) is 1.74. The predicted molar refractivity (Wildman–Crippen MR) is 50.3 cm³/mol. The average Bonchev–Trinajstić information content (AvgIpc) is 2.15. The lowest BCUT2D eigenvalue weighted by Gasteiger charge is -1.99. The summed E-state index contributed by atoms with van der Waals surface area (Å²) in [6, 6.07) is 1.89. The summed E-state index contributed by atoms with van der Waals surface area (Å²) in [5, 5.41) is 8.43. The highest BCUT2D eigenvalue weighted by Crippen LogP contribution is 2.09. The molecule has 1 aromatic rings. The number of carboxylic acid groups (broad SMARTS) is 1. The van der Waals surface area contributed by atoms with E-state index in [0.717, 1.165) is 23.6 Å². The molecular formula is C10H11NO2. The number of nitrogens with zero attached hydrogens (tertiary/aromatic N) is 1. The van der Waals surface area contributed by atoms with Crippen molar-refractivity contribution in [3.63, 3.8) is 0 Å². The zero-order chi connectivity index (χ0) is 9.68. The van der Waals surface area contributed by atoms with E-state index in [0.29, 0.717) is 0 Å². The van der Waals surface area contributed by atoms with Gasteiger partial charge in [0.15, 0.2) is 0 Å². The maximum atomic E-state index is 10.3. The summed E-state index contributed by atoms with van der Waals surface area (Å²) in [6.07, 6.45) is 6.93. The quantitative estimate of drug-likeness (QED) is 0.715. The Kier molecular flexibility index (Phi) is 3.20. The monoisotopic (exact) mass is 177 g/mol. The molecule has 68 valence electrons. The topological polar surface area (TPSA) is 50.2 Å². The Balaban J connectivity index is 2.93. The van der Waals surface area contributed by atoms with Crippen molar-refractivity contribution in [1.29, 1.82) is 0 Å². The Morgan fingerprint density at radius 2 is 2.46 bits per heavy atom. The van der Waals surface area contributed by atoms with Gasteiger partial charge in [0.05, 0.1) is 0 Å². The molecule has 0 spiro atoms. The third-order valence-electron chi connectivity index (χ3n) is 1.73. The van der Waals surface area contributed by atoms with E-state index in [2.05, 4.69) is 4.98 Å². The molecule has 0 radical (unpaired) electrons. The van der Waals surface area contributed by atoms with Crippen LogP contribution in [0, 0.1) is 0 Å². The van der Waals surface area contributed by atoms with Gasteiger partial charge >= 0.3 is 5.97 Å². The van der Waals surface area contributed by atoms with E-state index in [1.165, 1.54) is 0 Å². The Hall–Kier alpha value is -1.64. The summed E-state index contributed by atoms with van der Waals surface area (Å²) >= 11 is 0. The Morgan fingerprint density at radius 3 is 3.08 bits per heavy atom. The number of hydrogen-bond donors (Lipinski definition) is 1. The first-order chi connectivity index (χ1) is 6.24. The molecule has 0 saturated heterocycles. The second-order valence-corrected chi connectivity index (χ2v) is 2.60. The molecule has 0 aromatic carbocycles. The van der Waals surface area contributed by atoms with Crippen molar-refractivity contribution in [1.82, 2.24) is 4.98 Å². The highest BCUT2D eigenvalue weighted by molar-refractivity contribution is 5.85. The first-order valence-electron chi connectivity index (χ1n) is 4.08. The summed E-state index contributed by atoms with van der Waals surface area (Å²) in [6.45, 7) is 2.02. The van der Waals surface area contributed by atoms with Gasteiger partial charge in [0.25, 0.3) is 0 Å². The summed E-state index contributed by atoms with van der Waals surface area (Å²) < 4.78 is 0. The van der Waals surface area contributed by atoms with Crippen LogP contribution in [0.5, 0.6) is 0 Å². The van der Waals surface area contributed by atoms with Crippen LogP contribution in [-0.2, 0) is 11.2 Å². The molecule has 0 fully saturated rings. The molecule has 0 amide bonds. The third kappa shape index (κ3) is 2.71. The Morgan fingerprint density at radius 1 is 1.69 bits per heavy atom. The molecule has 0 saturated carbocycles. The lowest BCUT2D eigenvalue weighted by Crippen LogP contribution is -1.90. The molecule has 1 N–H and O–H groups in total. The SMILES string of the molecule is CCc1ccncc1/C=C/C(=O)O. The summed E-state index contributed by atoms with van der Waals surface area (Å²) in [5.74, 6) is -0.939. The molecule has 0 atom stereocenters. The number of carbonyl (C=O) groups is 1. The van der Waals surface area contributed by atoms with E-state index < -0.39 is 5.97 Å². The highest BCUT2D eigenvalue weighted by Gasteiger charge is 1.96. The zero-order valence-electron chi connectivity index (χ0n) is 7.40. The van der Waals surface area contributed by atoms with Crippen LogP contribution in [0.4, 0.5) is 0 Å². The Labute approximate surface area is 76.7 Å². The van der Waals surface area contributed by atoms with E-state index in [-0.39, 0.29) is 0 Å². The van der Waals surface area contributed by atoms with Gasteiger partial charge in [0, 0.05) is 18.5 Å². The molecule has 0 aliphatic carbocycles. The van der Waals surface area contributed by atoms with E-state index >= 15 is 0 Å². The summed E-state index contributed by atoms with van der Waals surface area (Å²) in [7, 11) is 0. The minimum atomic E-state index is -0.939. The fourth-order valence-corrected chi connectivity index (χ4v) is 1.07. The van der Waals surface area contributed by atoms with Gasteiger partial charge in [0.2, 0.25) is 0 Å². The average molecular weight is 177 g/mol. The maximum Gasteiger partial charge on any atom is 0.328 e. The van der Waals surface area contributed by atoms with Crippen LogP contribution < -0.4 is 0 Å². The fourth-order valence-electron chi connectivity index (χ4n) is 1.07. The molecule has 3 nitrogen and oxygen atoms in total. The number of aromatic nitrogens is 1. The Bertz CT molecular complexity index is 331. The molecule has 13 heavy (non-hydrogen) atoms. The number of aliphatic carboxylic acids is 1. The standard InChI is InChI=1S/C10H11NO2/c1-2-8-5-6-11-7-9(8)3-4-10(12)13/h3-7H,2H2,1H3,(H,12,13)/b4-3+. The van der Waals surface area contributed by atoms with Crippen molar-refractivity contribution in [2.45, 2.75) is 13.3 Å². The van der Waals surface area contributed by atoms with Crippen LogP contribution in [0.1, 0.15) is 18.1 Å². The second-order valence-electron chi connectivity index (χ2n) is 2.60. The van der Waals surface area contributed by atoms with Crippen LogP contribution >= 0.6 is 0 Å². The zero-order valence-corrected chi connectivity index (χ0v) is 7.40. The van der Waals surface area contributed by atoms with E-state index in [1.807, 2.05) is 13.0 Å². The molecule has 0 aliphatic rings. The number of aryl methyl sites for hydroxylation is 1. The molecule has 0 aliphatic heterocycles. The molecule has 1 aromatic heterocycles. The highest BCUT2D eigenvalue weighted by atomic mass is 16.4. The first kappa shape index (κ1) is 9.45. The van der Waals surface area contributed by atoms with Crippen molar-refractivity contribution in [2.75, 3.05) is 0 Å². The van der Waals surface area contributed by atoms with Crippen LogP contribution in [0.15, 0.2) is 24.5 Å². The van der Waals surface area contributed by atoms with Gasteiger partial charge in [-0.25, -0.2) is 4.79 Å². The molecule has 3 heteroatoms. The van der Waals surface area contributed by atoms with Gasteiger partial charge in [-0.1, -0.05) is 6.92 Å². The molecular weight excluding hydrogens is 166 g/mol. The molecule has 0 unspecified atom stereocenters. The summed E-state index contributed by atoms with van der Waals surface area (Å²) in [5.41, 5.74) is 1.97. The van der Waals surface area contributed by atoms with Gasteiger partial charge in [0.1, 0.15) is 0 Å². The number of rotatable bonds is 3. The summed E-state index contributed by atoms with van der Waals surface area (Å²) in [4.78, 5) is 14.2. The van der Waals surface area contributed by atoms with Crippen LogP contribution in [-0.4, -0.2) is 16.1 Å². The van der Waals surface area contributed by atoms with Gasteiger partial charge < -0.3 is 5.11 Å². The van der Waals surface area contributed by atoms with Gasteiger partial charge in [-0.15, -0.1) is 0 Å². The number of pyridine rings is 1. The molecule has 1 rings (SSSR count). The van der Waals surface area contributed by atoms with Gasteiger partial charge in [-0.2, -0.15) is 0 Å². The van der Waals surface area contributed by atoms with E-state index in [9.17, 15) is 4.79 Å². The first-order valence-corrected chi connectivity index (χ1v) is 4.08. The fraction of sp³-hybridized carbons (Fsp3) is 0.200. The van der Waals surface area contributed by atoms with Crippen LogP contribution in [0.2, 0.25) is 0 Å². The smallest absolute Gasteiger partial charge is 0.328 e. The minimum Gasteiger partial charge on any atom is -0.478 e. The molecule has 1 heterocycles. The van der Waals surface area contributed by atoms with E-state index in [4.69, 9.17) is 5.11 Å². The second kappa shape index (κ2) is 4.40. The van der Waals surface area contributed by atoms with Crippen molar-refractivity contribution in [3.05, 3.63) is 35.7 Å². The van der Waals surface area contributed by atoms with Gasteiger partial charge in [-0.05, 0) is 29.7 Å². The van der Waals surface area contributed by atoms with Crippen molar-refractivity contribution >= 4 is 12.0 Å². The largest absolute Gasteiger partial charge is 0.478 e. The van der Waals surface area contributed by atoms with E-state index in [1.54, 1.807) is 18.5 Å². The van der Waals surface area contributed by atoms with Crippen molar-refractivity contribution in [2.24, 2.45) is 0 Å². The van der Waals surface area contributed by atoms with Crippen LogP contribution in [0.3, 0.4) is 0 Å². The third-order valence-corrected chi connectivity index (χ3v) is 1.73. The lowest BCUT2D eigenvalue weighted by molar-refractivity contribution is -0.131. The molecule has 0 bridgehead atoms. The number of hydrogen-bond acceptors (Lipinski definition) is 2. The maximum absolute atomic E-state index is 10.3. The van der Waals surface area contributed by atoms with Gasteiger partial charge in [-0.3, -0.25) is 4.98 Å². The normalized spacial score (nSPS) is 10.5. The van der Waals surface area contributed by atoms with Crippen molar-refractivity contribution < 1.29 is 9.90 Å². The number of carboxylic acids is 1. The van der Waals surface area contributed by atoms with Crippen molar-refractivity contribution in [3.8, 4) is 0 Å².